The molecular weight excluding hydrogens is 275 g/mol. The Hall–Kier alpha value is -0.560. The second kappa shape index (κ2) is 5.50. The monoisotopic (exact) mass is 286 g/mol. The minimum absolute atomic E-state index is 0.261. The molecule has 0 bridgehead atoms. The zero-order valence-electron chi connectivity index (χ0n) is 8.59. The quantitative estimate of drug-likeness (QED) is 0.921. The van der Waals surface area contributed by atoms with Crippen molar-refractivity contribution in [1.82, 2.24) is 5.32 Å². The van der Waals surface area contributed by atoms with E-state index in [4.69, 9.17) is 16.9 Å². The molecule has 1 aromatic rings. The summed E-state index contributed by atoms with van der Waals surface area (Å²) in [6.45, 7) is 4.02. The zero-order valence-corrected chi connectivity index (χ0v) is 10.9. The molecule has 0 spiro atoms. The van der Waals surface area contributed by atoms with Crippen molar-refractivity contribution in [3.05, 3.63) is 33.3 Å². The standard InChI is InChI=1S/C11H12BrClN2/c1-7(2)15-11(6-14)9-4-3-8(13)5-10(9)12/h3-5,7,11,15H,1-2H3. The smallest absolute Gasteiger partial charge is 0.122 e. The van der Waals surface area contributed by atoms with Crippen LogP contribution in [0.3, 0.4) is 0 Å². The topological polar surface area (TPSA) is 35.8 Å². The van der Waals surface area contributed by atoms with Crippen LogP contribution in [0.4, 0.5) is 0 Å². The van der Waals surface area contributed by atoms with E-state index < -0.39 is 0 Å². The van der Waals surface area contributed by atoms with Gasteiger partial charge in [-0.2, -0.15) is 5.26 Å². The van der Waals surface area contributed by atoms with Crippen LogP contribution < -0.4 is 5.32 Å². The number of hydrogen-bond donors (Lipinski definition) is 1. The minimum atomic E-state index is -0.309. The van der Waals surface area contributed by atoms with Crippen LogP contribution in [0.5, 0.6) is 0 Å². The normalized spacial score (nSPS) is 12.5. The maximum atomic E-state index is 9.06. The molecule has 80 valence electrons. The summed E-state index contributed by atoms with van der Waals surface area (Å²) >= 11 is 9.24. The van der Waals surface area contributed by atoms with Gasteiger partial charge in [0.15, 0.2) is 0 Å². The average molecular weight is 288 g/mol. The van der Waals surface area contributed by atoms with Gasteiger partial charge in [-0.25, -0.2) is 0 Å². The minimum Gasteiger partial charge on any atom is -0.296 e. The molecular formula is C11H12BrClN2. The van der Waals surface area contributed by atoms with Crippen molar-refractivity contribution >= 4 is 27.5 Å². The Labute approximate surface area is 103 Å². The number of nitriles is 1. The number of hydrogen-bond acceptors (Lipinski definition) is 2. The van der Waals surface area contributed by atoms with Gasteiger partial charge in [0, 0.05) is 15.5 Å². The van der Waals surface area contributed by atoms with E-state index in [0.29, 0.717) is 5.02 Å². The molecule has 0 heterocycles. The molecule has 0 aliphatic rings. The highest BCUT2D eigenvalue weighted by molar-refractivity contribution is 9.10. The Morgan fingerprint density at radius 2 is 2.13 bits per heavy atom. The van der Waals surface area contributed by atoms with Crippen LogP contribution in [-0.2, 0) is 0 Å². The first kappa shape index (κ1) is 12.5. The number of halogens is 2. The third-order valence-corrected chi connectivity index (χ3v) is 2.82. The molecule has 1 N–H and O–H groups in total. The summed E-state index contributed by atoms with van der Waals surface area (Å²) < 4.78 is 0.856. The molecule has 1 atom stereocenters. The maximum absolute atomic E-state index is 9.06. The van der Waals surface area contributed by atoms with Gasteiger partial charge in [-0.1, -0.05) is 33.6 Å². The van der Waals surface area contributed by atoms with Crippen LogP contribution in [0.1, 0.15) is 25.5 Å². The van der Waals surface area contributed by atoms with Gasteiger partial charge in [-0.05, 0) is 31.5 Å². The predicted molar refractivity (Wildman–Crippen MR) is 65.8 cm³/mol. The molecule has 1 unspecified atom stereocenters. The van der Waals surface area contributed by atoms with E-state index in [1.165, 1.54) is 0 Å². The van der Waals surface area contributed by atoms with Crippen LogP contribution in [-0.4, -0.2) is 6.04 Å². The van der Waals surface area contributed by atoms with Gasteiger partial charge in [0.05, 0.1) is 6.07 Å². The van der Waals surface area contributed by atoms with E-state index in [1.54, 1.807) is 12.1 Å². The second-order valence-electron chi connectivity index (χ2n) is 3.55. The van der Waals surface area contributed by atoms with Crippen molar-refractivity contribution in [3.63, 3.8) is 0 Å². The molecule has 0 fully saturated rings. The van der Waals surface area contributed by atoms with Gasteiger partial charge < -0.3 is 0 Å². The first-order valence-electron chi connectivity index (χ1n) is 4.65. The van der Waals surface area contributed by atoms with E-state index >= 15 is 0 Å². The molecule has 15 heavy (non-hydrogen) atoms. The lowest BCUT2D eigenvalue weighted by Gasteiger charge is -2.16. The van der Waals surface area contributed by atoms with Gasteiger partial charge in [-0.3, -0.25) is 5.32 Å². The van der Waals surface area contributed by atoms with E-state index in [9.17, 15) is 0 Å². The fourth-order valence-electron chi connectivity index (χ4n) is 1.27. The highest BCUT2D eigenvalue weighted by Gasteiger charge is 2.14. The third-order valence-electron chi connectivity index (χ3n) is 1.90. The van der Waals surface area contributed by atoms with Crippen molar-refractivity contribution in [2.24, 2.45) is 0 Å². The number of rotatable bonds is 3. The lowest BCUT2D eigenvalue weighted by Crippen LogP contribution is -2.27. The summed E-state index contributed by atoms with van der Waals surface area (Å²) in [5.74, 6) is 0. The van der Waals surface area contributed by atoms with E-state index in [0.717, 1.165) is 10.0 Å². The highest BCUT2D eigenvalue weighted by Crippen LogP contribution is 2.26. The SMILES string of the molecule is CC(C)NC(C#N)c1ccc(Cl)cc1Br. The van der Waals surface area contributed by atoms with Crippen LogP contribution in [0.2, 0.25) is 5.02 Å². The summed E-state index contributed by atoms with van der Waals surface area (Å²) in [5.41, 5.74) is 0.913. The van der Waals surface area contributed by atoms with Crippen molar-refractivity contribution in [2.45, 2.75) is 25.9 Å². The van der Waals surface area contributed by atoms with Crippen LogP contribution in [0.25, 0.3) is 0 Å². The lowest BCUT2D eigenvalue weighted by atomic mass is 10.1. The van der Waals surface area contributed by atoms with Gasteiger partial charge in [0.1, 0.15) is 6.04 Å². The molecule has 1 aromatic carbocycles. The molecule has 0 saturated heterocycles. The van der Waals surface area contributed by atoms with Crippen molar-refractivity contribution in [2.75, 3.05) is 0 Å². The first-order valence-corrected chi connectivity index (χ1v) is 5.82. The highest BCUT2D eigenvalue weighted by atomic mass is 79.9. The lowest BCUT2D eigenvalue weighted by molar-refractivity contribution is 0.545. The van der Waals surface area contributed by atoms with Crippen LogP contribution in [0, 0.1) is 11.3 Å². The summed E-state index contributed by atoms with van der Waals surface area (Å²) in [7, 11) is 0. The van der Waals surface area contributed by atoms with E-state index in [-0.39, 0.29) is 12.1 Å². The molecule has 1 rings (SSSR count). The predicted octanol–water partition coefficient (Wildman–Crippen LogP) is 3.67. The van der Waals surface area contributed by atoms with Crippen LogP contribution >= 0.6 is 27.5 Å². The fourth-order valence-corrected chi connectivity index (χ4v) is 2.18. The fraction of sp³-hybridized carbons (Fsp3) is 0.364. The Balaban J connectivity index is 2.98. The Kier molecular flexibility index (Phi) is 4.59. The maximum Gasteiger partial charge on any atom is 0.122 e. The van der Waals surface area contributed by atoms with Crippen molar-refractivity contribution in [3.8, 4) is 6.07 Å². The Morgan fingerprint density at radius 3 is 2.60 bits per heavy atom. The molecule has 0 saturated carbocycles. The first-order chi connectivity index (χ1) is 7.04. The zero-order chi connectivity index (χ0) is 11.4. The number of nitrogens with zero attached hydrogens (tertiary/aromatic N) is 1. The van der Waals surface area contributed by atoms with E-state index in [2.05, 4.69) is 27.3 Å². The van der Waals surface area contributed by atoms with Crippen molar-refractivity contribution in [1.29, 1.82) is 5.26 Å². The average Bonchev–Trinajstić information content (AvgIpc) is 2.14. The number of nitrogens with one attached hydrogen (secondary N) is 1. The molecule has 4 heteroatoms. The van der Waals surface area contributed by atoms with Gasteiger partial charge >= 0.3 is 0 Å². The summed E-state index contributed by atoms with van der Waals surface area (Å²) in [4.78, 5) is 0. The summed E-state index contributed by atoms with van der Waals surface area (Å²) in [6.07, 6.45) is 0. The summed E-state index contributed by atoms with van der Waals surface area (Å²) in [5, 5.41) is 12.9. The number of benzene rings is 1. The van der Waals surface area contributed by atoms with Crippen LogP contribution in [0.15, 0.2) is 22.7 Å². The third kappa shape index (κ3) is 3.49. The van der Waals surface area contributed by atoms with E-state index in [1.807, 2.05) is 19.9 Å². The van der Waals surface area contributed by atoms with Gasteiger partial charge in [-0.15, -0.1) is 0 Å². The largest absolute Gasteiger partial charge is 0.296 e. The molecule has 2 nitrogen and oxygen atoms in total. The van der Waals surface area contributed by atoms with Gasteiger partial charge in [0.25, 0.3) is 0 Å². The van der Waals surface area contributed by atoms with Gasteiger partial charge in [0.2, 0.25) is 0 Å². The molecule has 0 aliphatic carbocycles. The molecule has 0 amide bonds. The Bertz CT molecular complexity index is 385. The second-order valence-corrected chi connectivity index (χ2v) is 4.84. The Morgan fingerprint density at radius 1 is 1.47 bits per heavy atom. The molecule has 0 radical (unpaired) electrons. The summed E-state index contributed by atoms with van der Waals surface area (Å²) in [6, 6.07) is 7.62. The molecule has 0 aliphatic heterocycles. The molecule has 0 aromatic heterocycles. The van der Waals surface area contributed by atoms with Crippen molar-refractivity contribution < 1.29 is 0 Å².